The normalized spacial score (nSPS) is 20.6. The zero-order valence-corrected chi connectivity index (χ0v) is 22.2. The molecule has 0 radical (unpaired) electrons. The lowest BCUT2D eigenvalue weighted by molar-refractivity contribution is 0.0695. The van der Waals surface area contributed by atoms with E-state index in [2.05, 4.69) is 24.5 Å². The molecule has 1 aliphatic carbocycles. The number of halogens is 1. The van der Waals surface area contributed by atoms with Gasteiger partial charge in [-0.15, -0.1) is 11.3 Å². The van der Waals surface area contributed by atoms with Crippen LogP contribution in [0.15, 0.2) is 42.7 Å². The molecule has 2 atom stereocenters. The molecule has 194 valence electrons. The topological polar surface area (TPSA) is 146 Å². The Balaban J connectivity index is 1.36. The number of anilines is 1. The van der Waals surface area contributed by atoms with Crippen LogP contribution in [0.5, 0.6) is 0 Å². The van der Waals surface area contributed by atoms with Crippen molar-refractivity contribution in [2.75, 3.05) is 11.9 Å². The fourth-order valence-corrected chi connectivity index (χ4v) is 6.05. The maximum Gasteiger partial charge on any atom is 0.379 e. The average molecular weight is 562 g/mol. The Morgan fingerprint density at radius 2 is 2.11 bits per heavy atom. The van der Waals surface area contributed by atoms with Crippen molar-refractivity contribution in [3.05, 3.63) is 79.9 Å². The summed E-state index contributed by atoms with van der Waals surface area (Å²) < 4.78 is 32.8. The van der Waals surface area contributed by atoms with E-state index in [1.165, 1.54) is 30.1 Å². The molecule has 0 saturated heterocycles. The van der Waals surface area contributed by atoms with Gasteiger partial charge < -0.3 is 14.2 Å². The summed E-state index contributed by atoms with van der Waals surface area (Å²) in [6, 6.07) is 3.64. The number of thiophene rings is 1. The van der Waals surface area contributed by atoms with Crippen LogP contribution in [0.4, 0.5) is 5.82 Å². The van der Waals surface area contributed by atoms with Crippen molar-refractivity contribution in [3.8, 4) is 0 Å². The van der Waals surface area contributed by atoms with Crippen LogP contribution in [-0.4, -0.2) is 41.8 Å². The molecule has 1 aliphatic heterocycles. The third-order valence-corrected chi connectivity index (χ3v) is 8.00. The number of ether oxygens (including phenoxy) is 1. The summed E-state index contributed by atoms with van der Waals surface area (Å²) in [6.45, 7) is 2.52. The number of carbonyl (C=O) groups excluding carboxylic acids is 1. The van der Waals surface area contributed by atoms with Crippen LogP contribution in [0.1, 0.15) is 62.2 Å². The molecule has 10 nitrogen and oxygen atoms in total. The van der Waals surface area contributed by atoms with Crippen LogP contribution in [0.3, 0.4) is 0 Å². The third kappa shape index (κ3) is 5.83. The maximum atomic E-state index is 13.6. The van der Waals surface area contributed by atoms with Crippen molar-refractivity contribution in [1.29, 1.82) is 0 Å². The van der Waals surface area contributed by atoms with E-state index >= 15 is 0 Å². The highest BCUT2D eigenvalue weighted by atomic mass is 35.5. The summed E-state index contributed by atoms with van der Waals surface area (Å²) in [5, 5.41) is 8.59. The first-order valence-corrected chi connectivity index (χ1v) is 14.2. The van der Waals surface area contributed by atoms with Crippen molar-refractivity contribution in [1.82, 2.24) is 15.0 Å². The molecule has 0 amide bonds. The molecule has 3 N–H and O–H groups in total. The van der Waals surface area contributed by atoms with Crippen molar-refractivity contribution in [3.63, 3.8) is 0 Å². The number of nitrogens with one attached hydrogen (secondary N) is 1. The summed E-state index contributed by atoms with van der Waals surface area (Å²) in [4.78, 5) is 27.7. The smallest absolute Gasteiger partial charge is 0.379 e. The molecule has 1 saturated carbocycles. The molecule has 2 aliphatic rings. The number of pyridine rings is 1. The van der Waals surface area contributed by atoms with Crippen molar-refractivity contribution in [2.24, 2.45) is 5.14 Å². The van der Waals surface area contributed by atoms with E-state index in [1.54, 1.807) is 6.20 Å². The standard InChI is InChI=1S/C24H24ClN5O5S2/c1-13-17(23-18-8-21(25)28-9-15(18)4-5-34-23)7-20(36-13)22(31)19-10-27-12-29-24(19)30-16-3-2-14(6-16)11-35-37(26,32)33/h7-12,16,23H,2-6H2,1H3,(H2,26,32,33)(H,27,29,30)/b14-11+. The van der Waals surface area contributed by atoms with E-state index in [4.69, 9.17) is 21.5 Å². The molecule has 3 aromatic rings. The number of carbonyl (C=O) groups is 1. The van der Waals surface area contributed by atoms with Gasteiger partial charge in [-0.25, -0.2) is 15.0 Å². The quantitative estimate of drug-likeness (QED) is 0.249. The lowest BCUT2D eigenvalue weighted by atomic mass is 9.94. The molecule has 1 fully saturated rings. The van der Waals surface area contributed by atoms with Crippen molar-refractivity contribution >= 4 is 44.8 Å². The monoisotopic (exact) mass is 561 g/mol. The second kappa shape index (κ2) is 10.5. The second-order valence-corrected chi connectivity index (χ2v) is 11.7. The zero-order chi connectivity index (χ0) is 26.2. The first kappa shape index (κ1) is 25.7. The first-order valence-electron chi connectivity index (χ1n) is 11.5. The molecule has 5 rings (SSSR count). The Morgan fingerprint density at radius 1 is 1.27 bits per heavy atom. The van der Waals surface area contributed by atoms with Gasteiger partial charge in [-0.05, 0) is 67.0 Å². The SMILES string of the molecule is Cc1sc(C(=O)c2cncnc2NC2CC/C(=C\OS(N)(=O)=O)C2)cc1C1OCCc2cnc(Cl)cc21. The van der Waals surface area contributed by atoms with E-state index in [1.807, 2.05) is 19.1 Å². The highest BCUT2D eigenvalue weighted by Gasteiger charge is 2.29. The highest BCUT2D eigenvalue weighted by molar-refractivity contribution is 7.84. The molecular weight excluding hydrogens is 538 g/mol. The highest BCUT2D eigenvalue weighted by Crippen LogP contribution is 2.39. The number of aromatic nitrogens is 3. The minimum absolute atomic E-state index is 0.0529. The first-order chi connectivity index (χ1) is 17.7. The molecule has 37 heavy (non-hydrogen) atoms. The summed E-state index contributed by atoms with van der Waals surface area (Å²) in [7, 11) is -4.04. The zero-order valence-electron chi connectivity index (χ0n) is 19.8. The van der Waals surface area contributed by atoms with Crippen LogP contribution in [-0.2, 0) is 25.6 Å². The van der Waals surface area contributed by atoms with Crippen LogP contribution in [0.25, 0.3) is 0 Å². The lowest BCUT2D eigenvalue weighted by Gasteiger charge is -2.26. The van der Waals surface area contributed by atoms with Crippen LogP contribution >= 0.6 is 22.9 Å². The number of hydrogen-bond donors (Lipinski definition) is 2. The molecule has 2 unspecified atom stereocenters. The minimum atomic E-state index is -4.04. The summed E-state index contributed by atoms with van der Waals surface area (Å²) >= 11 is 7.55. The predicted octanol–water partition coefficient (Wildman–Crippen LogP) is 3.86. The van der Waals surface area contributed by atoms with Gasteiger partial charge in [0.15, 0.2) is 0 Å². The number of rotatable bonds is 7. The van der Waals surface area contributed by atoms with Crippen molar-refractivity contribution < 1.29 is 22.1 Å². The van der Waals surface area contributed by atoms with E-state index in [0.29, 0.717) is 40.9 Å². The van der Waals surface area contributed by atoms with E-state index in [-0.39, 0.29) is 17.9 Å². The lowest BCUT2D eigenvalue weighted by Crippen LogP contribution is -2.19. The Morgan fingerprint density at radius 3 is 2.92 bits per heavy atom. The summed E-state index contributed by atoms with van der Waals surface area (Å²) in [6.07, 6.45) is 8.16. The fraction of sp³-hybridized carbons (Fsp3) is 0.333. The van der Waals surface area contributed by atoms with Gasteiger partial charge in [0.1, 0.15) is 29.7 Å². The summed E-state index contributed by atoms with van der Waals surface area (Å²) in [5.74, 6) is 0.223. The number of hydrogen-bond acceptors (Lipinski definition) is 10. The maximum absolute atomic E-state index is 13.6. The molecular formula is C24H24ClN5O5S2. The van der Waals surface area contributed by atoms with Gasteiger partial charge in [-0.1, -0.05) is 11.6 Å². The largest absolute Gasteiger partial charge is 0.379 e. The van der Waals surface area contributed by atoms with Gasteiger partial charge in [0.25, 0.3) is 0 Å². The Bertz CT molecular complexity index is 1490. The molecule has 13 heteroatoms. The Hall–Kier alpha value is -2.90. The number of fused-ring (bicyclic) bond motifs is 1. The predicted molar refractivity (Wildman–Crippen MR) is 139 cm³/mol. The number of ketones is 1. The fourth-order valence-electron chi connectivity index (χ4n) is 4.61. The van der Waals surface area contributed by atoms with E-state index in [9.17, 15) is 13.2 Å². The molecule has 0 bridgehead atoms. The van der Waals surface area contributed by atoms with Crippen LogP contribution in [0.2, 0.25) is 5.15 Å². The number of aryl methyl sites for hydroxylation is 1. The van der Waals surface area contributed by atoms with E-state index < -0.39 is 10.3 Å². The Kier molecular flexibility index (Phi) is 7.28. The summed E-state index contributed by atoms with van der Waals surface area (Å²) in [5.41, 5.74) is 4.12. The molecule has 3 aromatic heterocycles. The minimum Gasteiger partial charge on any atom is -0.379 e. The molecule has 0 aromatic carbocycles. The van der Waals surface area contributed by atoms with Crippen LogP contribution in [0, 0.1) is 6.92 Å². The Labute approximate surface area is 223 Å². The average Bonchev–Trinajstić information content (AvgIpc) is 3.48. The van der Waals surface area contributed by atoms with Gasteiger partial charge >= 0.3 is 10.3 Å². The van der Waals surface area contributed by atoms with Gasteiger partial charge in [-0.3, -0.25) is 4.79 Å². The van der Waals surface area contributed by atoms with Crippen LogP contribution < -0.4 is 10.5 Å². The number of nitrogens with two attached hydrogens (primary N) is 1. The van der Waals surface area contributed by atoms with Crippen molar-refractivity contribution in [2.45, 2.75) is 44.8 Å². The van der Waals surface area contributed by atoms with Gasteiger partial charge in [-0.2, -0.15) is 13.6 Å². The van der Waals surface area contributed by atoms with E-state index in [0.717, 1.165) is 40.0 Å². The third-order valence-electron chi connectivity index (χ3n) is 6.36. The van der Waals surface area contributed by atoms with Gasteiger partial charge in [0, 0.05) is 23.3 Å². The molecule has 4 heterocycles. The van der Waals surface area contributed by atoms with Gasteiger partial charge in [0.05, 0.1) is 17.0 Å². The van der Waals surface area contributed by atoms with Gasteiger partial charge in [0.2, 0.25) is 5.78 Å². The molecule has 0 spiro atoms. The second-order valence-electron chi connectivity index (χ2n) is 8.89. The number of nitrogens with zero attached hydrogens (tertiary/aromatic N) is 3.